The zero-order valence-corrected chi connectivity index (χ0v) is 21.1. The molecular formula is C27H23ClFN5O5. The number of nitrogen functional groups attached to an aromatic ring is 1. The highest BCUT2D eigenvalue weighted by atomic mass is 35.5. The molecular weight excluding hydrogens is 529 g/mol. The number of amides is 3. The molecule has 0 bridgehead atoms. The third kappa shape index (κ3) is 5.35. The number of ether oxygens (including phenoxy) is 1. The van der Waals surface area contributed by atoms with Crippen molar-refractivity contribution in [2.75, 3.05) is 22.5 Å². The molecule has 10 nitrogen and oxygen atoms in total. The fourth-order valence-corrected chi connectivity index (χ4v) is 4.61. The second kappa shape index (κ2) is 10.3. The number of benzene rings is 3. The van der Waals surface area contributed by atoms with E-state index in [2.05, 4.69) is 15.6 Å². The molecule has 4 aromatic rings. The third-order valence-electron chi connectivity index (χ3n) is 6.34. The van der Waals surface area contributed by atoms with Gasteiger partial charge in [0.25, 0.3) is 11.8 Å². The second-order valence-electron chi connectivity index (χ2n) is 9.03. The second-order valence-corrected chi connectivity index (χ2v) is 9.47. The Morgan fingerprint density at radius 1 is 1.15 bits per heavy atom. The van der Waals surface area contributed by atoms with Crippen molar-refractivity contribution in [3.8, 4) is 5.88 Å². The molecule has 6 N–H and O–H groups in total. The van der Waals surface area contributed by atoms with Crippen molar-refractivity contribution in [3.05, 3.63) is 83.1 Å². The van der Waals surface area contributed by atoms with Gasteiger partial charge in [0.15, 0.2) is 0 Å². The van der Waals surface area contributed by atoms with Gasteiger partial charge in [0.1, 0.15) is 5.82 Å². The molecule has 1 saturated heterocycles. The smallest absolute Gasteiger partial charge is 0.397 e. The molecule has 0 unspecified atom stereocenters. The molecule has 39 heavy (non-hydrogen) atoms. The van der Waals surface area contributed by atoms with Gasteiger partial charge in [-0.05, 0) is 54.1 Å². The van der Waals surface area contributed by atoms with E-state index in [9.17, 15) is 23.9 Å². The molecule has 0 spiro atoms. The maximum absolute atomic E-state index is 13.6. The lowest BCUT2D eigenvalue weighted by molar-refractivity contribution is -0.149. The minimum Gasteiger partial charge on any atom is -0.397 e. The van der Waals surface area contributed by atoms with Crippen molar-refractivity contribution in [1.29, 1.82) is 0 Å². The summed E-state index contributed by atoms with van der Waals surface area (Å²) in [5, 5.41) is 16.8. The summed E-state index contributed by atoms with van der Waals surface area (Å²) in [4.78, 5) is 42.4. The lowest BCUT2D eigenvalue weighted by Crippen LogP contribution is -2.52. The van der Waals surface area contributed by atoms with E-state index in [1.54, 1.807) is 48.5 Å². The fourth-order valence-electron chi connectivity index (χ4n) is 4.37. The van der Waals surface area contributed by atoms with Crippen molar-refractivity contribution in [3.63, 3.8) is 0 Å². The topological polar surface area (TPSA) is 150 Å². The first kappa shape index (κ1) is 26.0. The van der Waals surface area contributed by atoms with Crippen LogP contribution in [0.2, 0.25) is 5.02 Å². The zero-order valence-electron chi connectivity index (χ0n) is 20.3. The van der Waals surface area contributed by atoms with Gasteiger partial charge in [-0.15, -0.1) is 0 Å². The van der Waals surface area contributed by atoms with Gasteiger partial charge in [-0.2, -0.15) is 0 Å². The lowest BCUT2D eigenvalue weighted by Gasteiger charge is -2.22. The van der Waals surface area contributed by atoms with E-state index in [1.165, 1.54) is 17.0 Å². The number of fused-ring (bicyclic) bond motifs is 1. The Hall–Kier alpha value is -4.61. The van der Waals surface area contributed by atoms with Crippen molar-refractivity contribution >= 4 is 57.5 Å². The normalized spacial score (nSPS) is 16.9. The van der Waals surface area contributed by atoms with Crippen LogP contribution < -0.4 is 26.0 Å². The number of halogens is 2. The number of hydrogen-bond donors (Lipinski definition) is 5. The number of para-hydroxylation sites is 2. The summed E-state index contributed by atoms with van der Waals surface area (Å²) in [6.45, 7) is -0.0246. The Balaban J connectivity index is 1.26. The van der Waals surface area contributed by atoms with E-state index in [0.717, 1.165) is 6.07 Å². The number of nitrogens with zero attached hydrogens (tertiary/aromatic N) is 1. The Bertz CT molecular complexity index is 1590. The first-order valence-corrected chi connectivity index (χ1v) is 12.2. The highest BCUT2D eigenvalue weighted by Crippen LogP contribution is 2.32. The van der Waals surface area contributed by atoms with E-state index in [1.807, 2.05) is 0 Å². The van der Waals surface area contributed by atoms with E-state index in [-0.39, 0.29) is 30.4 Å². The minimum atomic E-state index is -2.28. The number of carbonyl (C=O) groups is 3. The average Bonchev–Trinajstić information content (AvgIpc) is 3.43. The van der Waals surface area contributed by atoms with Crippen LogP contribution in [0.5, 0.6) is 5.88 Å². The first-order chi connectivity index (χ1) is 18.6. The molecule has 3 aromatic carbocycles. The number of H-pyrrole nitrogens is 1. The SMILES string of the molecule is Nc1ccccc1NC(=O)Oc1cc2cc(N3CC[C@](O)(C(=O)NCc4cc(F)cc(Cl)c4)C3=O)ccc2[nH]1. The van der Waals surface area contributed by atoms with Crippen molar-refractivity contribution in [2.24, 2.45) is 0 Å². The monoisotopic (exact) mass is 551 g/mol. The summed E-state index contributed by atoms with van der Waals surface area (Å²) in [6.07, 6.45) is -0.879. The quantitative estimate of drug-likeness (QED) is 0.181. The Labute approximate surface area is 226 Å². The van der Waals surface area contributed by atoms with Crippen molar-refractivity contribution < 1.29 is 28.6 Å². The molecule has 0 saturated carbocycles. The standard InChI is InChI=1S/C27H23ClFN5O5/c28-17-9-15(10-18(29)13-17)14-31-24(35)27(38)7-8-34(25(27)36)19-5-6-21-16(11-19)12-23(32-21)39-26(37)33-22-4-2-1-3-20(22)30/h1-6,9-13,32,38H,7-8,14,30H2,(H,31,35)(H,33,37)/t27-/m0/s1. The predicted octanol–water partition coefficient (Wildman–Crippen LogP) is 3.94. The molecule has 0 radical (unpaired) electrons. The number of hydrogen-bond acceptors (Lipinski definition) is 6. The Morgan fingerprint density at radius 3 is 2.72 bits per heavy atom. The molecule has 12 heteroatoms. The van der Waals surface area contributed by atoms with Gasteiger partial charge in [0.05, 0.1) is 11.4 Å². The number of anilines is 3. The summed E-state index contributed by atoms with van der Waals surface area (Å²) in [7, 11) is 0. The van der Waals surface area contributed by atoms with Crippen LogP contribution in [-0.2, 0) is 16.1 Å². The summed E-state index contributed by atoms with van der Waals surface area (Å²) < 4.78 is 18.9. The van der Waals surface area contributed by atoms with Gasteiger partial charge in [-0.3, -0.25) is 14.9 Å². The van der Waals surface area contributed by atoms with Gasteiger partial charge in [0, 0.05) is 47.2 Å². The van der Waals surface area contributed by atoms with Gasteiger partial charge < -0.3 is 30.8 Å². The highest BCUT2D eigenvalue weighted by Gasteiger charge is 2.51. The molecule has 1 atom stereocenters. The molecule has 3 amide bonds. The summed E-state index contributed by atoms with van der Waals surface area (Å²) >= 11 is 5.84. The molecule has 1 aliphatic rings. The average molecular weight is 552 g/mol. The maximum atomic E-state index is 13.6. The maximum Gasteiger partial charge on any atom is 0.418 e. The van der Waals surface area contributed by atoms with Gasteiger partial charge in [0.2, 0.25) is 11.5 Å². The number of aliphatic hydroxyl groups is 1. The van der Waals surface area contributed by atoms with E-state index in [4.69, 9.17) is 22.1 Å². The fraction of sp³-hybridized carbons (Fsp3) is 0.148. The first-order valence-electron chi connectivity index (χ1n) is 11.9. The Morgan fingerprint density at radius 2 is 1.95 bits per heavy atom. The molecule has 1 aliphatic heterocycles. The number of carbonyl (C=O) groups excluding carboxylic acids is 3. The van der Waals surface area contributed by atoms with Crippen LogP contribution in [0.1, 0.15) is 12.0 Å². The molecule has 1 aromatic heterocycles. The Kier molecular flexibility index (Phi) is 6.85. The summed E-state index contributed by atoms with van der Waals surface area (Å²) in [5.74, 6) is -2.08. The summed E-state index contributed by atoms with van der Waals surface area (Å²) in [5.41, 5.74) is 5.81. The molecule has 200 valence electrons. The third-order valence-corrected chi connectivity index (χ3v) is 6.56. The number of nitrogens with one attached hydrogen (secondary N) is 3. The van der Waals surface area contributed by atoms with Gasteiger partial charge in [-0.25, -0.2) is 9.18 Å². The molecule has 1 fully saturated rings. The number of aromatic nitrogens is 1. The zero-order chi connectivity index (χ0) is 27.7. The number of aromatic amines is 1. The molecule has 2 heterocycles. The van der Waals surface area contributed by atoms with Crippen LogP contribution in [-0.4, -0.2) is 40.1 Å². The van der Waals surface area contributed by atoms with Gasteiger partial charge >= 0.3 is 6.09 Å². The van der Waals surface area contributed by atoms with Crippen LogP contribution in [0.15, 0.2) is 66.7 Å². The predicted molar refractivity (Wildman–Crippen MR) is 144 cm³/mol. The van der Waals surface area contributed by atoms with Crippen LogP contribution in [0, 0.1) is 5.82 Å². The van der Waals surface area contributed by atoms with Crippen LogP contribution in [0.25, 0.3) is 10.9 Å². The minimum absolute atomic E-state index is 0.0920. The lowest BCUT2D eigenvalue weighted by atomic mass is 10.0. The number of rotatable bonds is 6. The molecule has 0 aliphatic carbocycles. The van der Waals surface area contributed by atoms with Gasteiger partial charge in [-0.1, -0.05) is 23.7 Å². The summed E-state index contributed by atoms with van der Waals surface area (Å²) in [6, 6.07) is 17.1. The van der Waals surface area contributed by atoms with Crippen molar-refractivity contribution in [1.82, 2.24) is 10.3 Å². The van der Waals surface area contributed by atoms with Crippen LogP contribution >= 0.6 is 11.6 Å². The largest absolute Gasteiger partial charge is 0.418 e. The van der Waals surface area contributed by atoms with Crippen LogP contribution in [0.4, 0.5) is 26.2 Å². The number of nitrogens with two attached hydrogens (primary N) is 1. The van der Waals surface area contributed by atoms with E-state index in [0.29, 0.717) is 33.5 Å². The molecule has 5 rings (SSSR count). The van der Waals surface area contributed by atoms with Crippen molar-refractivity contribution in [2.45, 2.75) is 18.6 Å². The highest BCUT2D eigenvalue weighted by molar-refractivity contribution is 6.30. The van der Waals surface area contributed by atoms with E-state index < -0.39 is 29.3 Å². The van der Waals surface area contributed by atoms with E-state index >= 15 is 0 Å². The van der Waals surface area contributed by atoms with Crippen LogP contribution in [0.3, 0.4) is 0 Å².